The molecule has 0 N–H and O–H groups in total. The number of alkyl halides is 1. The van der Waals surface area contributed by atoms with Gasteiger partial charge in [-0.25, -0.2) is 4.98 Å². The van der Waals surface area contributed by atoms with Crippen LogP contribution >= 0.6 is 38.9 Å². The lowest BCUT2D eigenvalue weighted by molar-refractivity contribution is 1.42. The summed E-state index contributed by atoms with van der Waals surface area (Å²) >= 11 is 10.9. The highest BCUT2D eigenvalue weighted by Gasteiger charge is 2.01. The van der Waals surface area contributed by atoms with Crippen molar-refractivity contribution in [1.29, 1.82) is 0 Å². The first-order valence-electron chi connectivity index (χ1n) is 3.40. The highest BCUT2D eigenvalue weighted by molar-refractivity contribution is 9.08. The topological polar surface area (TPSA) is 12.9 Å². The number of rotatable bonds is 1. The lowest BCUT2D eigenvalue weighted by Gasteiger charge is -1.87. The predicted molar refractivity (Wildman–Crippen MR) is 57.3 cm³/mol. The normalized spacial score (nSPS) is 10.8. The molecule has 1 nitrogen and oxygen atoms in total. The fraction of sp³-hybridized carbons (Fsp3) is 0.125. The van der Waals surface area contributed by atoms with Gasteiger partial charge in [0.1, 0.15) is 5.15 Å². The van der Waals surface area contributed by atoms with Crippen LogP contribution in [0.3, 0.4) is 0 Å². The average Bonchev–Trinajstić information content (AvgIpc) is 2.46. The average molecular weight is 263 g/mol. The van der Waals surface area contributed by atoms with Crippen molar-refractivity contribution in [3.8, 4) is 0 Å². The van der Waals surface area contributed by atoms with Crippen LogP contribution in [-0.4, -0.2) is 4.98 Å². The molecule has 0 aliphatic heterocycles. The molecular formula is C8H5BrClNS. The van der Waals surface area contributed by atoms with Gasteiger partial charge in [-0.15, -0.1) is 11.3 Å². The van der Waals surface area contributed by atoms with Gasteiger partial charge in [0, 0.05) is 10.2 Å². The van der Waals surface area contributed by atoms with E-state index in [-0.39, 0.29) is 0 Å². The number of thiophene rings is 1. The van der Waals surface area contributed by atoms with Gasteiger partial charge in [-0.05, 0) is 18.2 Å². The molecule has 0 unspecified atom stereocenters. The van der Waals surface area contributed by atoms with E-state index in [1.165, 1.54) is 9.58 Å². The summed E-state index contributed by atoms with van der Waals surface area (Å²) in [7, 11) is 0. The van der Waals surface area contributed by atoms with Gasteiger partial charge in [-0.1, -0.05) is 27.5 Å². The first-order chi connectivity index (χ1) is 5.79. The Bertz CT molecular complexity index is 412. The molecule has 0 fully saturated rings. The molecule has 0 spiro atoms. The monoisotopic (exact) mass is 261 g/mol. The summed E-state index contributed by atoms with van der Waals surface area (Å²) in [6.07, 6.45) is 0. The number of pyridine rings is 1. The van der Waals surface area contributed by atoms with E-state index >= 15 is 0 Å². The zero-order valence-electron chi connectivity index (χ0n) is 6.05. The molecule has 2 aromatic rings. The first-order valence-corrected chi connectivity index (χ1v) is 5.72. The third kappa shape index (κ3) is 1.49. The van der Waals surface area contributed by atoms with Crippen molar-refractivity contribution in [2.75, 3.05) is 0 Å². The van der Waals surface area contributed by atoms with Crippen LogP contribution in [-0.2, 0) is 5.33 Å². The van der Waals surface area contributed by atoms with Gasteiger partial charge in [0.05, 0.1) is 10.2 Å². The molecule has 12 heavy (non-hydrogen) atoms. The van der Waals surface area contributed by atoms with Crippen LogP contribution < -0.4 is 0 Å². The Balaban J connectivity index is 2.67. The Morgan fingerprint density at radius 2 is 2.33 bits per heavy atom. The number of hydrogen-bond donors (Lipinski definition) is 0. The minimum absolute atomic E-state index is 0.557. The molecule has 0 saturated carbocycles. The van der Waals surface area contributed by atoms with Crippen molar-refractivity contribution in [1.82, 2.24) is 4.98 Å². The summed E-state index contributed by atoms with van der Waals surface area (Å²) < 4.78 is 1.19. The zero-order chi connectivity index (χ0) is 8.55. The predicted octanol–water partition coefficient (Wildman–Crippen LogP) is 3.84. The van der Waals surface area contributed by atoms with Crippen LogP contribution in [0.1, 0.15) is 4.88 Å². The first kappa shape index (κ1) is 8.48. The van der Waals surface area contributed by atoms with Crippen LogP contribution in [0.2, 0.25) is 5.15 Å². The molecule has 0 saturated heterocycles. The molecule has 2 heterocycles. The number of hydrogen-bond acceptors (Lipinski definition) is 2. The highest BCUT2D eigenvalue weighted by Crippen LogP contribution is 2.26. The lowest BCUT2D eigenvalue weighted by atomic mass is 10.4. The molecule has 0 bridgehead atoms. The molecule has 0 aliphatic carbocycles. The summed E-state index contributed by atoms with van der Waals surface area (Å²) in [6.45, 7) is 0. The minimum atomic E-state index is 0.557. The molecular weight excluding hydrogens is 258 g/mol. The van der Waals surface area contributed by atoms with Crippen LogP contribution in [0.4, 0.5) is 0 Å². The smallest absolute Gasteiger partial charge is 0.129 e. The Labute approximate surface area is 87.5 Å². The van der Waals surface area contributed by atoms with Crippen molar-refractivity contribution in [3.63, 3.8) is 0 Å². The summed E-state index contributed by atoms with van der Waals surface area (Å²) in [4.78, 5) is 5.48. The van der Waals surface area contributed by atoms with Crippen molar-refractivity contribution in [2.24, 2.45) is 0 Å². The molecule has 4 heteroatoms. The van der Waals surface area contributed by atoms with Crippen LogP contribution in [0, 0.1) is 0 Å². The molecule has 2 aromatic heterocycles. The van der Waals surface area contributed by atoms with Crippen molar-refractivity contribution in [2.45, 2.75) is 5.33 Å². The molecule has 2 rings (SSSR count). The van der Waals surface area contributed by atoms with Crippen LogP contribution in [0.25, 0.3) is 10.2 Å². The van der Waals surface area contributed by atoms with Gasteiger partial charge in [0.25, 0.3) is 0 Å². The standard InChI is InChI=1S/C8H5BrClNS/c9-4-5-3-6-7(12-5)1-2-8(10)11-6/h1-3H,4H2. The van der Waals surface area contributed by atoms with Crippen molar-refractivity contribution < 1.29 is 0 Å². The van der Waals surface area contributed by atoms with E-state index in [2.05, 4.69) is 27.0 Å². The van der Waals surface area contributed by atoms with E-state index in [9.17, 15) is 0 Å². The van der Waals surface area contributed by atoms with E-state index in [0.717, 1.165) is 10.8 Å². The largest absolute Gasteiger partial charge is 0.235 e. The summed E-state index contributed by atoms with van der Waals surface area (Å²) in [5.74, 6) is 0. The van der Waals surface area contributed by atoms with Crippen LogP contribution in [0.15, 0.2) is 18.2 Å². The van der Waals surface area contributed by atoms with Gasteiger partial charge < -0.3 is 0 Å². The van der Waals surface area contributed by atoms with Gasteiger partial charge in [0.15, 0.2) is 0 Å². The van der Waals surface area contributed by atoms with Gasteiger partial charge in [0.2, 0.25) is 0 Å². The zero-order valence-corrected chi connectivity index (χ0v) is 9.21. The van der Waals surface area contributed by atoms with E-state index < -0.39 is 0 Å². The number of halogens is 2. The number of fused-ring (bicyclic) bond motifs is 1. The Kier molecular flexibility index (Phi) is 2.35. The SMILES string of the molecule is Clc1ccc2sc(CBr)cc2n1. The Morgan fingerprint density at radius 3 is 3.08 bits per heavy atom. The van der Waals surface area contributed by atoms with Gasteiger partial charge >= 0.3 is 0 Å². The number of aromatic nitrogens is 1. The van der Waals surface area contributed by atoms with E-state index in [0.29, 0.717) is 5.15 Å². The fourth-order valence-corrected chi connectivity index (χ4v) is 2.53. The van der Waals surface area contributed by atoms with Gasteiger partial charge in [-0.2, -0.15) is 0 Å². The van der Waals surface area contributed by atoms with Gasteiger partial charge in [-0.3, -0.25) is 0 Å². The number of nitrogens with zero attached hydrogens (tertiary/aromatic N) is 1. The Hall–Kier alpha value is -0.120. The van der Waals surface area contributed by atoms with E-state index in [4.69, 9.17) is 11.6 Å². The third-order valence-electron chi connectivity index (χ3n) is 1.52. The van der Waals surface area contributed by atoms with Crippen molar-refractivity contribution in [3.05, 3.63) is 28.2 Å². The summed E-state index contributed by atoms with van der Waals surface area (Å²) in [5, 5.41) is 1.44. The highest BCUT2D eigenvalue weighted by atomic mass is 79.9. The van der Waals surface area contributed by atoms with Crippen LogP contribution in [0.5, 0.6) is 0 Å². The maximum absolute atomic E-state index is 5.75. The molecule has 0 atom stereocenters. The second-order valence-electron chi connectivity index (χ2n) is 2.36. The molecule has 0 amide bonds. The fourth-order valence-electron chi connectivity index (χ4n) is 1.02. The molecule has 0 aliphatic rings. The summed E-state index contributed by atoms with van der Waals surface area (Å²) in [5.41, 5.74) is 0.988. The lowest BCUT2D eigenvalue weighted by Crippen LogP contribution is -1.71. The quantitative estimate of drug-likeness (QED) is 0.562. The Morgan fingerprint density at radius 1 is 1.50 bits per heavy atom. The second-order valence-corrected chi connectivity index (χ2v) is 4.48. The van der Waals surface area contributed by atoms with E-state index in [1.54, 1.807) is 11.3 Å². The molecule has 62 valence electrons. The third-order valence-corrected chi connectivity index (χ3v) is 3.80. The summed E-state index contributed by atoms with van der Waals surface area (Å²) in [6, 6.07) is 5.88. The maximum Gasteiger partial charge on any atom is 0.129 e. The van der Waals surface area contributed by atoms with E-state index in [1.807, 2.05) is 12.1 Å². The maximum atomic E-state index is 5.75. The minimum Gasteiger partial charge on any atom is -0.235 e. The molecule has 0 aromatic carbocycles. The molecule has 0 radical (unpaired) electrons. The van der Waals surface area contributed by atoms with Crippen molar-refractivity contribution >= 4 is 49.1 Å². The second kappa shape index (κ2) is 3.32.